The lowest BCUT2D eigenvalue weighted by atomic mass is 9.98. The second-order valence-electron chi connectivity index (χ2n) is 3.92. The summed E-state index contributed by atoms with van der Waals surface area (Å²) in [6, 6.07) is 4.07. The summed E-state index contributed by atoms with van der Waals surface area (Å²) in [4.78, 5) is 2.32. The molecule has 0 bridgehead atoms. The van der Waals surface area contributed by atoms with Crippen molar-refractivity contribution in [1.29, 1.82) is 0 Å². The third-order valence-corrected chi connectivity index (χ3v) is 3.96. The van der Waals surface area contributed by atoms with Crippen molar-refractivity contribution in [2.24, 2.45) is 11.1 Å². The third kappa shape index (κ3) is 1.52. The maximum Gasteiger partial charge on any atom is 0.0950 e. The van der Waals surface area contributed by atoms with E-state index in [1.807, 2.05) is 6.07 Å². The standard InChI is InChI=1S/C10H15NOS/c1-7-2-3-8(13-7)9(12)10(6-11)4-5-10/h2-3,9,12H,4-6,11H2,1H3. The summed E-state index contributed by atoms with van der Waals surface area (Å²) < 4.78 is 0. The number of rotatable bonds is 3. The van der Waals surface area contributed by atoms with Crippen LogP contribution in [0.5, 0.6) is 0 Å². The maximum absolute atomic E-state index is 10.1. The summed E-state index contributed by atoms with van der Waals surface area (Å²) in [6.07, 6.45) is 1.81. The number of aliphatic hydroxyl groups is 1. The van der Waals surface area contributed by atoms with Crippen molar-refractivity contribution in [3.63, 3.8) is 0 Å². The highest BCUT2D eigenvalue weighted by Gasteiger charge is 2.48. The summed E-state index contributed by atoms with van der Waals surface area (Å²) in [7, 11) is 0. The van der Waals surface area contributed by atoms with Gasteiger partial charge in [-0.25, -0.2) is 0 Å². The molecule has 1 aromatic rings. The van der Waals surface area contributed by atoms with Gasteiger partial charge >= 0.3 is 0 Å². The first-order valence-electron chi connectivity index (χ1n) is 4.62. The minimum Gasteiger partial charge on any atom is -0.387 e. The van der Waals surface area contributed by atoms with Crippen LogP contribution in [0, 0.1) is 12.3 Å². The molecule has 0 amide bonds. The van der Waals surface area contributed by atoms with Crippen LogP contribution in [-0.2, 0) is 0 Å². The predicted octanol–water partition coefficient (Wildman–Crippen LogP) is 1.83. The van der Waals surface area contributed by atoms with Gasteiger partial charge in [0.2, 0.25) is 0 Å². The fourth-order valence-electron chi connectivity index (χ4n) is 1.65. The fourth-order valence-corrected chi connectivity index (χ4v) is 2.66. The molecule has 2 nitrogen and oxygen atoms in total. The number of aryl methyl sites for hydroxylation is 1. The average molecular weight is 197 g/mol. The van der Waals surface area contributed by atoms with E-state index in [9.17, 15) is 5.11 Å². The molecule has 0 spiro atoms. The summed E-state index contributed by atoms with van der Waals surface area (Å²) in [6.45, 7) is 2.66. The van der Waals surface area contributed by atoms with Gasteiger partial charge in [0.15, 0.2) is 0 Å². The molecule has 0 aliphatic heterocycles. The number of hydrogen-bond donors (Lipinski definition) is 2. The molecule has 0 aromatic carbocycles. The van der Waals surface area contributed by atoms with Crippen molar-refractivity contribution >= 4 is 11.3 Å². The molecule has 1 heterocycles. The second kappa shape index (κ2) is 3.08. The van der Waals surface area contributed by atoms with Crippen LogP contribution in [0.2, 0.25) is 0 Å². The van der Waals surface area contributed by atoms with E-state index in [1.165, 1.54) is 4.88 Å². The van der Waals surface area contributed by atoms with Gasteiger partial charge in [0.05, 0.1) is 6.10 Å². The Kier molecular flexibility index (Phi) is 2.18. The molecule has 13 heavy (non-hydrogen) atoms. The number of hydrogen-bond acceptors (Lipinski definition) is 3. The molecule has 1 unspecified atom stereocenters. The van der Waals surface area contributed by atoms with Gasteiger partial charge in [0.1, 0.15) is 0 Å². The first-order valence-corrected chi connectivity index (χ1v) is 5.44. The average Bonchev–Trinajstić information content (AvgIpc) is 2.82. The molecule has 1 aromatic heterocycles. The smallest absolute Gasteiger partial charge is 0.0950 e. The summed E-state index contributed by atoms with van der Waals surface area (Å²) in [5.74, 6) is 0. The molecule has 1 aliphatic rings. The Labute approximate surface area is 82.4 Å². The Bertz CT molecular complexity index is 304. The Balaban J connectivity index is 2.17. The zero-order valence-corrected chi connectivity index (χ0v) is 8.60. The van der Waals surface area contributed by atoms with Gasteiger partial charge in [-0.15, -0.1) is 11.3 Å². The van der Waals surface area contributed by atoms with Gasteiger partial charge in [0, 0.05) is 21.7 Å². The highest BCUT2D eigenvalue weighted by atomic mass is 32.1. The van der Waals surface area contributed by atoms with E-state index in [2.05, 4.69) is 13.0 Å². The van der Waals surface area contributed by atoms with Crippen molar-refractivity contribution in [3.8, 4) is 0 Å². The van der Waals surface area contributed by atoms with Crippen molar-refractivity contribution in [3.05, 3.63) is 21.9 Å². The topological polar surface area (TPSA) is 46.2 Å². The van der Waals surface area contributed by atoms with Crippen LogP contribution >= 0.6 is 11.3 Å². The van der Waals surface area contributed by atoms with Gasteiger partial charge in [-0.2, -0.15) is 0 Å². The molecule has 2 rings (SSSR count). The lowest BCUT2D eigenvalue weighted by Gasteiger charge is -2.18. The van der Waals surface area contributed by atoms with Gasteiger partial charge in [-0.05, 0) is 31.9 Å². The number of nitrogens with two attached hydrogens (primary N) is 1. The molecule has 0 radical (unpaired) electrons. The van der Waals surface area contributed by atoms with Gasteiger partial charge < -0.3 is 10.8 Å². The molecule has 1 atom stereocenters. The Morgan fingerprint density at radius 2 is 2.31 bits per heavy atom. The largest absolute Gasteiger partial charge is 0.387 e. The van der Waals surface area contributed by atoms with Crippen LogP contribution in [0.15, 0.2) is 12.1 Å². The lowest BCUT2D eigenvalue weighted by molar-refractivity contribution is 0.101. The van der Waals surface area contributed by atoms with E-state index in [1.54, 1.807) is 11.3 Å². The molecule has 72 valence electrons. The Morgan fingerprint density at radius 1 is 1.62 bits per heavy atom. The molecule has 1 fully saturated rings. The predicted molar refractivity (Wildman–Crippen MR) is 54.7 cm³/mol. The first-order chi connectivity index (χ1) is 6.18. The minimum absolute atomic E-state index is 0.0112. The van der Waals surface area contributed by atoms with Crippen LogP contribution < -0.4 is 5.73 Å². The van der Waals surface area contributed by atoms with Crippen LogP contribution in [0.1, 0.15) is 28.7 Å². The maximum atomic E-state index is 10.1. The van der Waals surface area contributed by atoms with Crippen LogP contribution in [0.25, 0.3) is 0 Å². The van der Waals surface area contributed by atoms with Crippen LogP contribution in [0.3, 0.4) is 0 Å². The molecule has 1 aliphatic carbocycles. The molecule has 1 saturated carbocycles. The van der Waals surface area contributed by atoms with E-state index >= 15 is 0 Å². The highest BCUT2D eigenvalue weighted by Crippen LogP contribution is 2.54. The van der Waals surface area contributed by atoms with E-state index in [4.69, 9.17) is 5.73 Å². The quantitative estimate of drug-likeness (QED) is 0.776. The normalized spacial score (nSPS) is 21.5. The van der Waals surface area contributed by atoms with Crippen molar-refractivity contribution < 1.29 is 5.11 Å². The molecule has 3 heteroatoms. The van der Waals surface area contributed by atoms with E-state index in [-0.39, 0.29) is 11.5 Å². The van der Waals surface area contributed by atoms with Gasteiger partial charge in [0.25, 0.3) is 0 Å². The fraction of sp³-hybridized carbons (Fsp3) is 0.600. The summed E-state index contributed by atoms with van der Waals surface area (Å²) >= 11 is 1.67. The zero-order chi connectivity index (χ0) is 9.47. The van der Waals surface area contributed by atoms with E-state index < -0.39 is 0 Å². The molecule has 0 saturated heterocycles. The van der Waals surface area contributed by atoms with Crippen molar-refractivity contribution in [2.75, 3.05) is 6.54 Å². The van der Waals surface area contributed by atoms with Crippen LogP contribution in [0.4, 0.5) is 0 Å². The Morgan fingerprint density at radius 3 is 2.69 bits per heavy atom. The SMILES string of the molecule is Cc1ccc(C(O)C2(CN)CC2)s1. The van der Waals surface area contributed by atoms with Crippen molar-refractivity contribution in [1.82, 2.24) is 0 Å². The Hall–Kier alpha value is -0.380. The highest BCUT2D eigenvalue weighted by molar-refractivity contribution is 7.12. The van der Waals surface area contributed by atoms with Gasteiger partial charge in [-0.3, -0.25) is 0 Å². The van der Waals surface area contributed by atoms with Crippen molar-refractivity contribution in [2.45, 2.75) is 25.9 Å². The molecular formula is C10H15NOS. The molecule has 3 N–H and O–H groups in total. The van der Waals surface area contributed by atoms with E-state index in [0.29, 0.717) is 6.54 Å². The number of aliphatic hydroxyl groups excluding tert-OH is 1. The first kappa shape index (κ1) is 9.19. The monoisotopic (exact) mass is 197 g/mol. The van der Waals surface area contributed by atoms with Crippen LogP contribution in [-0.4, -0.2) is 11.7 Å². The zero-order valence-electron chi connectivity index (χ0n) is 7.79. The van der Waals surface area contributed by atoms with E-state index in [0.717, 1.165) is 17.7 Å². The summed E-state index contributed by atoms with van der Waals surface area (Å²) in [5, 5.41) is 10.1. The number of thiophene rings is 1. The van der Waals surface area contributed by atoms with Gasteiger partial charge in [-0.1, -0.05) is 0 Å². The lowest BCUT2D eigenvalue weighted by Crippen LogP contribution is -2.22. The third-order valence-electron chi connectivity index (χ3n) is 2.91. The minimum atomic E-state index is -0.337. The second-order valence-corrected chi connectivity index (χ2v) is 5.24. The summed E-state index contributed by atoms with van der Waals surface area (Å²) in [5.41, 5.74) is 5.67. The molecular weight excluding hydrogens is 182 g/mol.